The zero-order valence-electron chi connectivity index (χ0n) is 9.01. The van der Waals surface area contributed by atoms with Gasteiger partial charge in [-0.3, -0.25) is 4.79 Å². The van der Waals surface area contributed by atoms with E-state index in [1.54, 1.807) is 0 Å². The second-order valence-corrected chi connectivity index (χ2v) is 3.35. The molecule has 4 heteroatoms. The van der Waals surface area contributed by atoms with Gasteiger partial charge in [0.25, 0.3) is 0 Å². The number of anilines is 1. The molecule has 1 unspecified atom stereocenters. The molecule has 0 spiro atoms. The summed E-state index contributed by atoms with van der Waals surface area (Å²) in [5.74, 6) is -0.391. The smallest absolute Gasteiger partial charge is 0.324 e. The van der Waals surface area contributed by atoms with Crippen LogP contribution in [0.2, 0.25) is 0 Å². The van der Waals surface area contributed by atoms with E-state index in [9.17, 15) is 4.79 Å². The predicted molar refractivity (Wildman–Crippen MR) is 59.7 cm³/mol. The number of nitrogens with zero attached hydrogens (tertiary/aromatic N) is 1. The van der Waals surface area contributed by atoms with Crippen LogP contribution in [0, 0.1) is 0 Å². The fourth-order valence-corrected chi connectivity index (χ4v) is 1.31. The van der Waals surface area contributed by atoms with Crippen LogP contribution in [0.1, 0.15) is 0 Å². The highest BCUT2D eigenvalue weighted by Gasteiger charge is 2.15. The maximum atomic E-state index is 11.1. The number of carbonyl (C=O) groups is 1. The monoisotopic (exact) mass is 208 g/mol. The first-order chi connectivity index (χ1) is 7.15. The fraction of sp³-hybridized carbons (Fsp3) is 0.364. The third-order valence-electron chi connectivity index (χ3n) is 2.17. The van der Waals surface area contributed by atoms with E-state index >= 15 is 0 Å². The lowest BCUT2D eigenvalue weighted by Crippen LogP contribution is -2.42. The van der Waals surface area contributed by atoms with E-state index in [1.165, 1.54) is 7.11 Å². The highest BCUT2D eigenvalue weighted by molar-refractivity contribution is 5.76. The van der Waals surface area contributed by atoms with Gasteiger partial charge in [0.05, 0.1) is 7.11 Å². The third-order valence-corrected chi connectivity index (χ3v) is 2.17. The lowest BCUT2D eigenvalue weighted by molar-refractivity contribution is -0.141. The molecule has 0 aliphatic rings. The SMILES string of the molecule is COC(=O)C(N)CN(C)c1ccccc1. The molecule has 1 rings (SSSR count). The molecule has 0 bridgehead atoms. The van der Waals surface area contributed by atoms with E-state index in [0.717, 1.165) is 5.69 Å². The Bertz CT molecular complexity index is 314. The van der Waals surface area contributed by atoms with Crippen molar-refractivity contribution in [2.45, 2.75) is 6.04 Å². The summed E-state index contributed by atoms with van der Waals surface area (Å²) < 4.78 is 4.56. The quantitative estimate of drug-likeness (QED) is 0.737. The molecule has 0 amide bonds. The molecule has 1 aromatic carbocycles. The van der Waals surface area contributed by atoms with Gasteiger partial charge in [0.15, 0.2) is 0 Å². The van der Waals surface area contributed by atoms with Crippen LogP contribution in [0.4, 0.5) is 5.69 Å². The minimum atomic E-state index is -0.611. The number of esters is 1. The van der Waals surface area contributed by atoms with Gasteiger partial charge in [-0.25, -0.2) is 0 Å². The fourth-order valence-electron chi connectivity index (χ4n) is 1.31. The Balaban J connectivity index is 2.56. The summed E-state index contributed by atoms with van der Waals surface area (Å²) in [5, 5.41) is 0. The molecule has 0 saturated heterocycles. The van der Waals surface area contributed by atoms with Gasteiger partial charge in [-0.15, -0.1) is 0 Å². The Morgan fingerprint density at radius 3 is 2.60 bits per heavy atom. The maximum Gasteiger partial charge on any atom is 0.324 e. The predicted octanol–water partition coefficient (Wildman–Crippen LogP) is 0.623. The summed E-state index contributed by atoms with van der Waals surface area (Å²) in [5.41, 5.74) is 6.67. The van der Waals surface area contributed by atoms with Crippen molar-refractivity contribution in [2.75, 3.05) is 25.6 Å². The number of carbonyl (C=O) groups excluding carboxylic acids is 1. The molecule has 0 aliphatic heterocycles. The first kappa shape index (κ1) is 11.5. The van der Waals surface area contributed by atoms with Crippen LogP contribution in [-0.4, -0.2) is 32.7 Å². The molecule has 0 heterocycles. The molecule has 2 N–H and O–H groups in total. The van der Waals surface area contributed by atoms with Crippen molar-refractivity contribution < 1.29 is 9.53 Å². The zero-order chi connectivity index (χ0) is 11.3. The molecule has 4 nitrogen and oxygen atoms in total. The summed E-state index contributed by atoms with van der Waals surface area (Å²) in [6.45, 7) is 0.441. The number of para-hydroxylation sites is 1. The van der Waals surface area contributed by atoms with Gasteiger partial charge >= 0.3 is 5.97 Å². The van der Waals surface area contributed by atoms with Crippen LogP contribution in [0.3, 0.4) is 0 Å². The van der Waals surface area contributed by atoms with E-state index in [4.69, 9.17) is 5.73 Å². The van der Waals surface area contributed by atoms with Crippen molar-refractivity contribution in [1.29, 1.82) is 0 Å². The second-order valence-electron chi connectivity index (χ2n) is 3.35. The number of ether oxygens (including phenoxy) is 1. The Kier molecular flexibility index (Phi) is 4.12. The number of likely N-dealkylation sites (N-methyl/N-ethyl adjacent to an activating group) is 1. The van der Waals surface area contributed by atoms with Gasteiger partial charge in [0.2, 0.25) is 0 Å². The molecule has 0 radical (unpaired) electrons. The largest absolute Gasteiger partial charge is 0.468 e. The van der Waals surface area contributed by atoms with Gasteiger partial charge in [-0.1, -0.05) is 18.2 Å². The first-order valence-electron chi connectivity index (χ1n) is 4.74. The lowest BCUT2D eigenvalue weighted by atomic mass is 10.2. The molecule has 82 valence electrons. The lowest BCUT2D eigenvalue weighted by Gasteiger charge is -2.21. The maximum absolute atomic E-state index is 11.1. The van der Waals surface area contributed by atoms with Crippen molar-refractivity contribution in [3.63, 3.8) is 0 Å². The van der Waals surface area contributed by atoms with Crippen molar-refractivity contribution in [3.05, 3.63) is 30.3 Å². The number of methoxy groups -OCH3 is 1. The normalized spacial score (nSPS) is 11.9. The van der Waals surface area contributed by atoms with Crippen molar-refractivity contribution in [1.82, 2.24) is 0 Å². The highest BCUT2D eigenvalue weighted by atomic mass is 16.5. The molecule has 0 aromatic heterocycles. The molecule has 0 fully saturated rings. The van der Waals surface area contributed by atoms with Crippen LogP contribution in [0.15, 0.2) is 30.3 Å². The van der Waals surface area contributed by atoms with Gasteiger partial charge in [-0.05, 0) is 12.1 Å². The second kappa shape index (κ2) is 5.36. The standard InChI is InChI=1S/C11H16N2O2/c1-13(8-10(12)11(14)15-2)9-6-4-3-5-7-9/h3-7,10H,8,12H2,1-2H3. The molecule has 0 aliphatic carbocycles. The van der Waals surface area contributed by atoms with Gasteiger partial charge < -0.3 is 15.4 Å². The topological polar surface area (TPSA) is 55.6 Å². The number of hydrogen-bond donors (Lipinski definition) is 1. The van der Waals surface area contributed by atoms with E-state index in [1.807, 2.05) is 42.3 Å². The Morgan fingerprint density at radius 2 is 2.07 bits per heavy atom. The van der Waals surface area contributed by atoms with Gasteiger partial charge in [0.1, 0.15) is 6.04 Å². The van der Waals surface area contributed by atoms with Crippen LogP contribution in [0.5, 0.6) is 0 Å². The molecule has 1 aromatic rings. The minimum absolute atomic E-state index is 0.391. The van der Waals surface area contributed by atoms with Crippen molar-refractivity contribution in [2.24, 2.45) is 5.73 Å². The molecular weight excluding hydrogens is 192 g/mol. The number of hydrogen-bond acceptors (Lipinski definition) is 4. The van der Waals surface area contributed by atoms with Gasteiger partial charge in [-0.2, -0.15) is 0 Å². The van der Waals surface area contributed by atoms with E-state index < -0.39 is 12.0 Å². The summed E-state index contributed by atoms with van der Waals surface area (Å²) >= 11 is 0. The molecule has 1 atom stereocenters. The van der Waals surface area contributed by atoms with Crippen molar-refractivity contribution in [3.8, 4) is 0 Å². The number of rotatable bonds is 4. The van der Waals surface area contributed by atoms with E-state index in [-0.39, 0.29) is 0 Å². The Labute approximate surface area is 89.6 Å². The third kappa shape index (κ3) is 3.25. The molecular formula is C11H16N2O2. The van der Waals surface area contributed by atoms with Crippen molar-refractivity contribution >= 4 is 11.7 Å². The number of benzene rings is 1. The Hall–Kier alpha value is -1.55. The van der Waals surface area contributed by atoms with Crippen LogP contribution in [-0.2, 0) is 9.53 Å². The van der Waals surface area contributed by atoms with Crippen LogP contribution >= 0.6 is 0 Å². The highest BCUT2D eigenvalue weighted by Crippen LogP contribution is 2.10. The van der Waals surface area contributed by atoms with Gasteiger partial charge in [0, 0.05) is 19.3 Å². The molecule has 15 heavy (non-hydrogen) atoms. The van der Waals surface area contributed by atoms with E-state index in [2.05, 4.69) is 4.74 Å². The summed E-state index contributed by atoms with van der Waals surface area (Å²) in [6, 6.07) is 9.14. The minimum Gasteiger partial charge on any atom is -0.468 e. The number of nitrogens with two attached hydrogens (primary N) is 1. The average molecular weight is 208 g/mol. The van der Waals surface area contributed by atoms with Crippen LogP contribution in [0.25, 0.3) is 0 Å². The summed E-state index contributed by atoms with van der Waals surface area (Å²) in [6.07, 6.45) is 0. The summed E-state index contributed by atoms with van der Waals surface area (Å²) in [7, 11) is 3.23. The van der Waals surface area contributed by atoms with E-state index in [0.29, 0.717) is 6.54 Å². The first-order valence-corrected chi connectivity index (χ1v) is 4.74. The average Bonchev–Trinajstić information content (AvgIpc) is 2.29. The van der Waals surface area contributed by atoms with Crippen LogP contribution < -0.4 is 10.6 Å². The zero-order valence-corrected chi connectivity index (χ0v) is 9.01. The molecule has 0 saturated carbocycles. The Morgan fingerprint density at radius 1 is 1.47 bits per heavy atom. The summed E-state index contributed by atoms with van der Waals surface area (Å²) in [4.78, 5) is 13.0.